The van der Waals surface area contributed by atoms with Gasteiger partial charge in [0.2, 0.25) is 10.0 Å². The van der Waals surface area contributed by atoms with E-state index in [0.29, 0.717) is 30.5 Å². The maximum absolute atomic E-state index is 12.5. The van der Waals surface area contributed by atoms with Crippen LogP contribution in [0.4, 0.5) is 18.9 Å². The summed E-state index contributed by atoms with van der Waals surface area (Å²) >= 11 is 0. The fourth-order valence-corrected chi connectivity index (χ4v) is 5.79. The van der Waals surface area contributed by atoms with Gasteiger partial charge in [-0.15, -0.1) is 0 Å². The number of aliphatic hydroxyl groups is 1. The van der Waals surface area contributed by atoms with Gasteiger partial charge in [-0.3, -0.25) is 9.10 Å². The molecule has 1 fully saturated rings. The van der Waals surface area contributed by atoms with Gasteiger partial charge in [0.05, 0.1) is 24.1 Å². The third-order valence-electron chi connectivity index (χ3n) is 5.51. The molecule has 0 unspecified atom stereocenters. The van der Waals surface area contributed by atoms with E-state index in [4.69, 9.17) is 0 Å². The van der Waals surface area contributed by atoms with Crippen LogP contribution in [0.3, 0.4) is 0 Å². The van der Waals surface area contributed by atoms with Crippen LogP contribution in [0.2, 0.25) is 0 Å². The average molecular weight is 406 g/mol. The summed E-state index contributed by atoms with van der Waals surface area (Å²) in [7, 11) is -3.66. The third-order valence-corrected chi connectivity index (χ3v) is 6.68. The standard InChI is InChI=1S/C17H21F3N2O4S/c1-27(25,26)22-12-6-3-2-5-11(12)16(13(22)7-4-8-14(16)23)9-10-21-15(24)17(18,19)20/h2-3,5-6,13-14,23H,4,7-10H2,1H3,(H,21,24)/t13-,14-,16-/m0/s1. The molecule has 1 aromatic rings. The smallest absolute Gasteiger partial charge is 0.392 e. The number of hydrogen-bond donors (Lipinski definition) is 2. The highest BCUT2D eigenvalue weighted by atomic mass is 32.2. The van der Waals surface area contributed by atoms with Crippen molar-refractivity contribution in [2.45, 2.75) is 49.4 Å². The lowest BCUT2D eigenvalue weighted by molar-refractivity contribution is -0.173. The molecule has 150 valence electrons. The fourth-order valence-electron chi connectivity index (χ4n) is 4.52. The molecule has 1 aliphatic heterocycles. The molecule has 1 amide bonds. The molecule has 1 aromatic carbocycles. The van der Waals surface area contributed by atoms with E-state index in [0.717, 1.165) is 6.26 Å². The van der Waals surface area contributed by atoms with E-state index in [-0.39, 0.29) is 13.0 Å². The molecule has 1 saturated carbocycles. The summed E-state index contributed by atoms with van der Waals surface area (Å²) in [4.78, 5) is 11.1. The first-order valence-corrected chi connectivity index (χ1v) is 10.5. The Kier molecular flexibility index (Phi) is 4.92. The summed E-state index contributed by atoms with van der Waals surface area (Å²) in [6, 6.07) is 6.13. The molecule has 3 atom stereocenters. The van der Waals surface area contributed by atoms with Crippen molar-refractivity contribution in [1.82, 2.24) is 5.32 Å². The van der Waals surface area contributed by atoms with E-state index in [2.05, 4.69) is 0 Å². The molecule has 0 aromatic heterocycles. The molecule has 0 spiro atoms. The number of nitrogens with zero attached hydrogens (tertiary/aromatic N) is 1. The number of para-hydroxylation sites is 1. The van der Waals surface area contributed by atoms with Gasteiger partial charge in [-0.05, 0) is 37.3 Å². The second-order valence-corrected chi connectivity index (χ2v) is 8.94. The third kappa shape index (κ3) is 3.29. The Bertz CT molecular complexity index is 843. The zero-order valence-electron chi connectivity index (χ0n) is 14.7. The first kappa shape index (κ1) is 19.9. The Labute approximate surface area is 155 Å². The van der Waals surface area contributed by atoms with Crippen molar-refractivity contribution in [1.29, 1.82) is 0 Å². The van der Waals surface area contributed by atoms with Crippen LogP contribution in [0.1, 0.15) is 31.2 Å². The lowest BCUT2D eigenvalue weighted by Gasteiger charge is -2.45. The summed E-state index contributed by atoms with van der Waals surface area (Å²) in [5.74, 6) is -2.05. The molecule has 6 nitrogen and oxygen atoms in total. The van der Waals surface area contributed by atoms with Gasteiger partial charge in [0, 0.05) is 12.0 Å². The van der Waals surface area contributed by atoms with Gasteiger partial charge in [0.25, 0.3) is 0 Å². The monoisotopic (exact) mass is 406 g/mol. The SMILES string of the molecule is CS(=O)(=O)N1c2ccccc2[C@@]2(CCNC(=O)C(F)(F)F)[C@@H]1CCC[C@@H]2O. The summed E-state index contributed by atoms with van der Waals surface area (Å²) in [5, 5.41) is 12.7. The summed E-state index contributed by atoms with van der Waals surface area (Å²) in [5.41, 5.74) is -0.0291. The molecule has 0 saturated heterocycles. The number of aliphatic hydroxyl groups excluding tert-OH is 1. The van der Waals surface area contributed by atoms with Crippen molar-refractivity contribution in [3.63, 3.8) is 0 Å². The van der Waals surface area contributed by atoms with Crippen LogP contribution in [0.15, 0.2) is 24.3 Å². The van der Waals surface area contributed by atoms with Crippen LogP contribution in [0, 0.1) is 0 Å². The van der Waals surface area contributed by atoms with E-state index in [9.17, 15) is 31.5 Å². The lowest BCUT2D eigenvalue weighted by Crippen LogP contribution is -2.57. The second kappa shape index (κ2) is 6.66. The highest BCUT2D eigenvalue weighted by Gasteiger charge is 2.58. The molecule has 2 aliphatic rings. The maximum atomic E-state index is 12.5. The molecular formula is C17H21F3N2O4S. The number of nitrogens with one attached hydrogen (secondary N) is 1. The number of benzene rings is 1. The predicted molar refractivity (Wildman–Crippen MR) is 92.8 cm³/mol. The number of carbonyl (C=O) groups is 1. The van der Waals surface area contributed by atoms with E-state index >= 15 is 0 Å². The number of anilines is 1. The highest BCUT2D eigenvalue weighted by Crippen LogP contribution is 2.54. The number of fused-ring (bicyclic) bond motifs is 3. The topological polar surface area (TPSA) is 86.7 Å². The number of amides is 1. The van der Waals surface area contributed by atoms with E-state index in [1.165, 1.54) is 4.31 Å². The number of alkyl halides is 3. The summed E-state index contributed by atoms with van der Waals surface area (Å²) in [6.45, 7) is -0.322. The number of hydrogen-bond acceptors (Lipinski definition) is 4. The Morgan fingerprint density at radius 3 is 2.63 bits per heavy atom. The number of halogens is 3. The van der Waals surface area contributed by atoms with Crippen molar-refractivity contribution in [2.24, 2.45) is 0 Å². The van der Waals surface area contributed by atoms with Crippen molar-refractivity contribution in [3.8, 4) is 0 Å². The largest absolute Gasteiger partial charge is 0.471 e. The molecule has 10 heteroatoms. The molecule has 1 aliphatic carbocycles. The Morgan fingerprint density at radius 1 is 1.33 bits per heavy atom. The highest BCUT2D eigenvalue weighted by molar-refractivity contribution is 7.92. The van der Waals surface area contributed by atoms with Gasteiger partial charge >= 0.3 is 12.1 Å². The van der Waals surface area contributed by atoms with Gasteiger partial charge in [-0.2, -0.15) is 13.2 Å². The molecular weight excluding hydrogens is 385 g/mol. The van der Waals surface area contributed by atoms with Gasteiger partial charge in [0.1, 0.15) is 0 Å². The Morgan fingerprint density at radius 2 is 2.00 bits per heavy atom. The Hall–Kier alpha value is -1.81. The van der Waals surface area contributed by atoms with Crippen LogP contribution in [-0.2, 0) is 20.2 Å². The number of rotatable bonds is 4. The number of carbonyl (C=O) groups excluding carboxylic acids is 1. The van der Waals surface area contributed by atoms with Gasteiger partial charge in [0.15, 0.2) is 0 Å². The zero-order chi connectivity index (χ0) is 20.0. The van der Waals surface area contributed by atoms with Gasteiger partial charge in [-0.1, -0.05) is 18.2 Å². The van der Waals surface area contributed by atoms with E-state index < -0.39 is 39.7 Å². The summed E-state index contributed by atoms with van der Waals surface area (Å²) in [6.07, 6.45) is -3.35. The fraction of sp³-hybridized carbons (Fsp3) is 0.588. The normalized spacial score (nSPS) is 27.8. The van der Waals surface area contributed by atoms with Gasteiger partial charge < -0.3 is 10.4 Å². The average Bonchev–Trinajstić information content (AvgIpc) is 2.86. The number of sulfonamides is 1. The molecule has 0 radical (unpaired) electrons. The predicted octanol–water partition coefficient (Wildman–Crippen LogP) is 1.69. The van der Waals surface area contributed by atoms with Crippen LogP contribution >= 0.6 is 0 Å². The first-order valence-electron chi connectivity index (χ1n) is 8.61. The van der Waals surface area contributed by atoms with Crippen molar-refractivity contribution >= 4 is 21.6 Å². The van der Waals surface area contributed by atoms with Crippen molar-refractivity contribution in [3.05, 3.63) is 29.8 Å². The minimum Gasteiger partial charge on any atom is -0.392 e. The molecule has 1 heterocycles. The molecule has 0 bridgehead atoms. The van der Waals surface area contributed by atoms with E-state index in [1.807, 2.05) is 5.32 Å². The van der Waals surface area contributed by atoms with E-state index in [1.54, 1.807) is 24.3 Å². The molecule has 2 N–H and O–H groups in total. The second-order valence-electron chi connectivity index (χ2n) is 7.08. The quantitative estimate of drug-likeness (QED) is 0.797. The van der Waals surface area contributed by atoms with Crippen LogP contribution in [0.25, 0.3) is 0 Å². The zero-order valence-corrected chi connectivity index (χ0v) is 15.5. The van der Waals surface area contributed by atoms with Crippen molar-refractivity contribution < 1.29 is 31.5 Å². The molecule has 27 heavy (non-hydrogen) atoms. The minimum absolute atomic E-state index is 0.00366. The van der Waals surface area contributed by atoms with Crippen LogP contribution < -0.4 is 9.62 Å². The summed E-state index contributed by atoms with van der Waals surface area (Å²) < 4.78 is 63.6. The van der Waals surface area contributed by atoms with Gasteiger partial charge in [-0.25, -0.2) is 8.42 Å². The molecule has 3 rings (SSSR count). The van der Waals surface area contributed by atoms with Crippen molar-refractivity contribution in [2.75, 3.05) is 17.1 Å². The van der Waals surface area contributed by atoms with Crippen LogP contribution in [-0.4, -0.2) is 50.6 Å². The van der Waals surface area contributed by atoms with Crippen LogP contribution in [0.5, 0.6) is 0 Å². The lowest BCUT2D eigenvalue weighted by atomic mass is 9.64. The minimum atomic E-state index is -4.99. The first-order chi connectivity index (χ1) is 12.5. The Balaban J connectivity index is 2.00. The maximum Gasteiger partial charge on any atom is 0.471 e.